The van der Waals surface area contributed by atoms with Crippen molar-refractivity contribution < 1.29 is 14.6 Å². The number of aliphatic carboxylic acids is 1. The summed E-state index contributed by atoms with van der Waals surface area (Å²) in [5, 5.41) is 10.7. The largest absolute Gasteiger partial charge is 0.477 e. The Morgan fingerprint density at radius 2 is 1.85 bits per heavy atom. The van der Waals surface area contributed by atoms with E-state index in [1.165, 1.54) is 0 Å². The average Bonchev–Trinajstić information content (AvgIpc) is 2.34. The number of carbonyl (C=O) groups is 1. The number of carboxylic acid groups (broad SMARTS) is 1. The van der Waals surface area contributed by atoms with Gasteiger partial charge in [0.05, 0.1) is 8.07 Å². The van der Waals surface area contributed by atoms with E-state index in [2.05, 4.69) is 19.6 Å². The quantitative estimate of drug-likeness (QED) is 0.646. The Morgan fingerprint density at radius 3 is 2.25 bits per heavy atom. The van der Waals surface area contributed by atoms with Crippen LogP contribution in [0.25, 0.3) is 0 Å². The van der Waals surface area contributed by atoms with Gasteiger partial charge in [0.25, 0.3) is 5.72 Å². The molecule has 1 N–H and O–H groups in total. The van der Waals surface area contributed by atoms with Gasteiger partial charge in [-0.2, -0.15) is 0 Å². The number of ether oxygens (including phenoxy) is 1. The highest BCUT2D eigenvalue weighted by molar-refractivity contribution is 6.89. The summed E-state index contributed by atoms with van der Waals surface area (Å²) < 4.78 is 5.99. The Bertz CT molecular complexity index is 482. The van der Waals surface area contributed by atoms with E-state index in [-0.39, 0.29) is 0 Å². The number of nitrogens with zero attached hydrogens (tertiary/aromatic N) is 1. The van der Waals surface area contributed by atoms with Crippen LogP contribution in [0.2, 0.25) is 19.6 Å². The van der Waals surface area contributed by atoms with Crippen LogP contribution in [0, 0.1) is 0 Å². The molecule has 0 saturated carbocycles. The molecule has 0 amide bonds. The first-order valence-electron chi connectivity index (χ1n) is 6.84. The van der Waals surface area contributed by atoms with Crippen molar-refractivity contribution >= 4 is 19.2 Å². The van der Waals surface area contributed by atoms with Crippen LogP contribution in [-0.2, 0) is 4.79 Å². The third-order valence-corrected chi connectivity index (χ3v) is 5.54. The Balaban J connectivity index is 3.30. The molecule has 0 saturated heterocycles. The highest BCUT2D eigenvalue weighted by Gasteiger charge is 2.42. The molecule has 1 aromatic rings. The van der Waals surface area contributed by atoms with Crippen LogP contribution >= 0.6 is 0 Å². The van der Waals surface area contributed by atoms with E-state index in [9.17, 15) is 9.90 Å². The predicted molar refractivity (Wildman–Crippen MR) is 84.4 cm³/mol. The maximum Gasteiger partial charge on any atom is 0.364 e. The molecule has 0 heterocycles. The summed E-state index contributed by atoms with van der Waals surface area (Å²) in [6.45, 7) is 8.49. The Morgan fingerprint density at radius 1 is 1.30 bits per heavy atom. The summed E-state index contributed by atoms with van der Waals surface area (Å²) in [5.41, 5.74) is -1.32. The van der Waals surface area contributed by atoms with Gasteiger partial charge in [0, 0.05) is 6.42 Å². The van der Waals surface area contributed by atoms with Crippen molar-refractivity contribution in [3.63, 3.8) is 0 Å². The smallest absolute Gasteiger partial charge is 0.364 e. The summed E-state index contributed by atoms with van der Waals surface area (Å²) in [6.07, 6.45) is 0.370. The average molecular weight is 295 g/mol. The minimum Gasteiger partial charge on any atom is -0.477 e. The second kappa shape index (κ2) is 5.97. The van der Waals surface area contributed by atoms with Crippen LogP contribution in [-0.4, -0.2) is 43.9 Å². The van der Waals surface area contributed by atoms with Crippen LogP contribution in [0.5, 0.6) is 5.75 Å². The van der Waals surface area contributed by atoms with Gasteiger partial charge in [-0.1, -0.05) is 44.8 Å². The molecular weight excluding hydrogens is 270 g/mol. The number of para-hydroxylation sites is 1. The SMILES string of the molecule is CCC(Oc1ccccc1[Si](C)(C)C)(C(=O)O)N(C)C. The van der Waals surface area contributed by atoms with E-state index in [4.69, 9.17) is 4.74 Å². The van der Waals surface area contributed by atoms with Gasteiger partial charge in [-0.15, -0.1) is 0 Å². The number of hydrogen-bond donors (Lipinski definition) is 1. The van der Waals surface area contributed by atoms with E-state index in [0.717, 1.165) is 5.19 Å². The lowest BCUT2D eigenvalue weighted by Gasteiger charge is -2.36. The Kier molecular flexibility index (Phi) is 4.99. The van der Waals surface area contributed by atoms with Gasteiger partial charge in [-0.3, -0.25) is 4.90 Å². The first-order valence-corrected chi connectivity index (χ1v) is 10.3. The molecule has 0 aliphatic rings. The van der Waals surface area contributed by atoms with Crippen LogP contribution in [0.4, 0.5) is 0 Å². The van der Waals surface area contributed by atoms with Gasteiger partial charge in [-0.05, 0) is 25.3 Å². The summed E-state index contributed by atoms with van der Waals surface area (Å²) in [5.74, 6) is -0.278. The molecule has 1 aromatic carbocycles. The van der Waals surface area contributed by atoms with Gasteiger partial charge >= 0.3 is 5.97 Å². The molecule has 0 aliphatic carbocycles. The summed E-state index contributed by atoms with van der Waals surface area (Å²) in [4.78, 5) is 13.3. The molecule has 4 nitrogen and oxygen atoms in total. The molecule has 1 atom stereocenters. The van der Waals surface area contributed by atoms with E-state index < -0.39 is 19.8 Å². The van der Waals surface area contributed by atoms with E-state index in [0.29, 0.717) is 12.2 Å². The minimum atomic E-state index is -1.60. The van der Waals surface area contributed by atoms with Crippen molar-refractivity contribution in [2.75, 3.05) is 14.1 Å². The molecule has 1 unspecified atom stereocenters. The molecule has 0 bridgehead atoms. The number of carboxylic acids is 1. The topological polar surface area (TPSA) is 49.8 Å². The molecule has 0 radical (unpaired) electrons. The molecule has 1 rings (SSSR count). The van der Waals surface area contributed by atoms with E-state index in [1.807, 2.05) is 31.2 Å². The summed E-state index contributed by atoms with van der Waals surface area (Å²) >= 11 is 0. The van der Waals surface area contributed by atoms with E-state index in [1.54, 1.807) is 19.0 Å². The third kappa shape index (κ3) is 3.22. The van der Waals surface area contributed by atoms with Crippen LogP contribution in [0.15, 0.2) is 24.3 Å². The fraction of sp³-hybridized carbons (Fsp3) is 0.533. The zero-order chi connectivity index (χ0) is 15.6. The van der Waals surface area contributed by atoms with Gasteiger partial charge < -0.3 is 9.84 Å². The number of rotatable bonds is 6. The van der Waals surface area contributed by atoms with Gasteiger partial charge in [0.2, 0.25) is 0 Å². The molecule has 20 heavy (non-hydrogen) atoms. The first kappa shape index (κ1) is 16.7. The lowest BCUT2D eigenvalue weighted by atomic mass is 10.1. The van der Waals surface area contributed by atoms with Crippen molar-refractivity contribution in [2.45, 2.75) is 38.7 Å². The van der Waals surface area contributed by atoms with Crippen molar-refractivity contribution in [1.29, 1.82) is 0 Å². The summed E-state index contributed by atoms with van der Waals surface area (Å²) in [6, 6.07) is 7.77. The molecule has 0 aliphatic heterocycles. The zero-order valence-electron chi connectivity index (χ0n) is 13.2. The molecule has 0 fully saturated rings. The molecule has 0 aromatic heterocycles. The van der Waals surface area contributed by atoms with Gasteiger partial charge in [0.1, 0.15) is 5.75 Å². The number of benzene rings is 1. The summed E-state index contributed by atoms with van der Waals surface area (Å²) in [7, 11) is 1.87. The first-order chi connectivity index (χ1) is 9.15. The van der Waals surface area contributed by atoms with Crippen molar-refractivity contribution in [3.05, 3.63) is 24.3 Å². The Labute approximate surface area is 122 Å². The standard InChI is InChI=1S/C15H25NO3Si/c1-7-15(14(17)18,16(2)3)19-12-10-8-9-11-13(12)20(4,5)6/h8-11H,7H2,1-6H3,(H,17,18). The molecular formula is C15H25NO3Si. The molecule has 112 valence electrons. The fourth-order valence-electron chi connectivity index (χ4n) is 2.22. The third-order valence-electron chi connectivity index (χ3n) is 3.51. The maximum atomic E-state index is 11.7. The maximum absolute atomic E-state index is 11.7. The minimum absolute atomic E-state index is 0.370. The Hall–Kier alpha value is -1.33. The predicted octanol–water partition coefficient (Wildman–Crippen LogP) is 2.36. The van der Waals surface area contributed by atoms with Crippen molar-refractivity contribution in [2.24, 2.45) is 0 Å². The lowest BCUT2D eigenvalue weighted by Crippen LogP contribution is -2.56. The van der Waals surface area contributed by atoms with Crippen molar-refractivity contribution in [1.82, 2.24) is 4.90 Å². The van der Waals surface area contributed by atoms with Crippen LogP contribution < -0.4 is 9.92 Å². The zero-order valence-corrected chi connectivity index (χ0v) is 14.2. The highest BCUT2D eigenvalue weighted by Crippen LogP contribution is 2.24. The normalized spacial score (nSPS) is 14.9. The van der Waals surface area contributed by atoms with Crippen LogP contribution in [0.1, 0.15) is 13.3 Å². The lowest BCUT2D eigenvalue weighted by molar-refractivity contribution is -0.171. The fourth-order valence-corrected chi connectivity index (χ4v) is 3.69. The van der Waals surface area contributed by atoms with Crippen molar-refractivity contribution in [3.8, 4) is 5.75 Å². The number of hydrogen-bond acceptors (Lipinski definition) is 3. The van der Waals surface area contributed by atoms with Gasteiger partial charge in [0.15, 0.2) is 0 Å². The number of likely N-dealkylation sites (N-methyl/N-ethyl adjacent to an activating group) is 1. The highest BCUT2D eigenvalue weighted by atomic mass is 28.3. The second-order valence-electron chi connectivity index (χ2n) is 6.19. The van der Waals surface area contributed by atoms with E-state index >= 15 is 0 Å². The van der Waals surface area contributed by atoms with Gasteiger partial charge in [-0.25, -0.2) is 4.79 Å². The molecule has 0 spiro atoms. The van der Waals surface area contributed by atoms with Crippen LogP contribution in [0.3, 0.4) is 0 Å². The second-order valence-corrected chi connectivity index (χ2v) is 11.2. The monoisotopic (exact) mass is 295 g/mol. The molecule has 5 heteroatoms.